The second kappa shape index (κ2) is 26.4. The topological polar surface area (TPSA) is 34.1 Å². The van der Waals surface area contributed by atoms with Gasteiger partial charge in [0.25, 0.3) is 0 Å². The van der Waals surface area contributed by atoms with Crippen molar-refractivity contribution in [2.24, 2.45) is 0 Å². The molecule has 0 N–H and O–H groups in total. The van der Waals surface area contributed by atoms with Crippen LogP contribution in [0.2, 0.25) is 0 Å². The van der Waals surface area contributed by atoms with Gasteiger partial charge >= 0.3 is 0 Å². The van der Waals surface area contributed by atoms with Crippen LogP contribution < -0.4 is 42.4 Å². The van der Waals surface area contributed by atoms with E-state index in [2.05, 4.69) is 190 Å². The van der Waals surface area contributed by atoms with Crippen LogP contribution in [-0.4, -0.2) is 0 Å². The standard InChI is InChI=1S/C42H32O2P2.C18H12Br2.C12H11P/c43-45(37-18-8-2-9-19-37,38-20-10-3-11-21-38)41-30-36(35-28-26-34(27-29-35)33-16-6-1-7-17-33)31-42(32-41)46(44,39-22-12-4-13-23-39)40-24-14-5-15-25-40;19-17-10-16(11-18(20)12-17)15-8-6-14(7-9-15)13-4-2-1-3-5-13;1-3-7-11(8-4-1)13-12-9-5-2-6-10-12/h1-32H;1-12H;1-10,13H. The summed E-state index contributed by atoms with van der Waals surface area (Å²) in [4.78, 5) is 0. The van der Waals surface area contributed by atoms with Gasteiger partial charge in [0.15, 0.2) is 14.3 Å². The van der Waals surface area contributed by atoms with Gasteiger partial charge in [-0.05, 0) is 91.5 Å². The SMILES string of the molecule is Brc1cc(Br)cc(-c2ccc(-c3ccccc3)cc2)c1.O=P(c1ccccc1)(c1ccccc1)c1cc(-c2ccc(-c3ccccc3)cc2)cc(P(=O)(c2ccccc2)c2ccccc2)c1.c1ccc(Pc2ccccc2)cc1. The Balaban J connectivity index is 0.000000173. The lowest BCUT2D eigenvalue weighted by Gasteiger charge is -2.25. The average Bonchev–Trinajstić information content (AvgIpc) is 3.63. The summed E-state index contributed by atoms with van der Waals surface area (Å²) < 4.78 is 33.6. The Morgan fingerprint density at radius 1 is 0.215 bits per heavy atom. The van der Waals surface area contributed by atoms with Crippen LogP contribution >= 0.6 is 54.7 Å². The van der Waals surface area contributed by atoms with Gasteiger partial charge in [-0.3, -0.25) is 0 Å². The van der Waals surface area contributed by atoms with Gasteiger partial charge in [0.1, 0.15) is 0 Å². The molecule has 0 unspecified atom stereocenters. The van der Waals surface area contributed by atoms with Gasteiger partial charge in [-0.25, -0.2) is 0 Å². The number of hydrogen-bond donors (Lipinski definition) is 0. The van der Waals surface area contributed by atoms with Crippen LogP contribution in [0, 0.1) is 0 Å². The fraction of sp³-hybridized carbons (Fsp3) is 0. The van der Waals surface area contributed by atoms with E-state index in [4.69, 9.17) is 0 Å². The summed E-state index contributed by atoms with van der Waals surface area (Å²) in [7, 11) is -5.99. The van der Waals surface area contributed by atoms with Crippen LogP contribution in [0.3, 0.4) is 0 Å². The molecule has 7 heteroatoms. The molecule has 2 nitrogen and oxygen atoms in total. The molecule has 12 aromatic carbocycles. The van der Waals surface area contributed by atoms with E-state index < -0.39 is 14.3 Å². The lowest BCUT2D eigenvalue weighted by molar-refractivity contribution is 0.592. The van der Waals surface area contributed by atoms with Crippen molar-refractivity contribution in [1.82, 2.24) is 0 Å². The maximum Gasteiger partial charge on any atom is 0.171 e. The highest BCUT2D eigenvalue weighted by Crippen LogP contribution is 2.47. The highest BCUT2D eigenvalue weighted by Gasteiger charge is 2.35. The molecule has 384 valence electrons. The molecule has 0 saturated heterocycles. The molecule has 0 radical (unpaired) electrons. The van der Waals surface area contributed by atoms with E-state index in [0.29, 0.717) is 10.6 Å². The van der Waals surface area contributed by atoms with Gasteiger partial charge in [0.05, 0.1) is 0 Å². The summed E-state index contributed by atoms with van der Waals surface area (Å²) in [5.74, 6) is 0. The van der Waals surface area contributed by atoms with Crippen molar-refractivity contribution in [2.45, 2.75) is 0 Å². The van der Waals surface area contributed by atoms with Crippen molar-refractivity contribution >= 4 is 97.2 Å². The van der Waals surface area contributed by atoms with Crippen LogP contribution in [0.1, 0.15) is 0 Å². The second-order valence-corrected chi connectivity index (χ2v) is 27.5. The Labute approximate surface area is 483 Å². The largest absolute Gasteiger partial charge is 0.309 e. The molecule has 0 amide bonds. The molecular formula is C72H55Br2O2P3. The zero-order valence-corrected chi connectivity index (χ0v) is 49.1. The first-order valence-corrected chi connectivity index (χ1v) is 32.0. The van der Waals surface area contributed by atoms with Crippen molar-refractivity contribution < 1.29 is 9.13 Å². The van der Waals surface area contributed by atoms with Gasteiger partial charge in [-0.2, -0.15) is 0 Å². The molecule has 0 aromatic heterocycles. The van der Waals surface area contributed by atoms with Gasteiger partial charge in [-0.15, -0.1) is 0 Å². The Hall–Kier alpha value is -7.51. The summed E-state index contributed by atoms with van der Waals surface area (Å²) in [6.45, 7) is 0. The lowest BCUT2D eigenvalue weighted by atomic mass is 10.0. The highest BCUT2D eigenvalue weighted by atomic mass is 79.9. The molecule has 0 bridgehead atoms. The van der Waals surface area contributed by atoms with E-state index in [-0.39, 0.29) is 0 Å². The molecular weight excluding hydrogens is 1150 g/mol. The minimum atomic E-state index is -3.38. The molecule has 0 atom stereocenters. The Morgan fingerprint density at radius 3 is 0.734 bits per heavy atom. The first-order chi connectivity index (χ1) is 38.7. The molecule has 0 spiro atoms. The number of rotatable bonds is 12. The van der Waals surface area contributed by atoms with Crippen LogP contribution in [0.15, 0.2) is 337 Å². The minimum Gasteiger partial charge on any atom is -0.309 e. The fourth-order valence-corrected chi connectivity index (χ4v) is 17.4. The van der Waals surface area contributed by atoms with E-state index in [9.17, 15) is 0 Å². The van der Waals surface area contributed by atoms with Crippen LogP contribution in [0.25, 0.3) is 44.5 Å². The van der Waals surface area contributed by atoms with Crippen molar-refractivity contribution in [2.75, 3.05) is 0 Å². The molecule has 12 rings (SSSR count). The van der Waals surface area contributed by atoms with Crippen molar-refractivity contribution in [3.63, 3.8) is 0 Å². The minimum absolute atomic E-state index is 0.650. The zero-order chi connectivity index (χ0) is 54.3. The Bertz CT molecular complexity index is 3690. The van der Waals surface area contributed by atoms with Gasteiger partial charge in [0, 0.05) is 40.8 Å². The predicted molar refractivity (Wildman–Crippen MR) is 349 cm³/mol. The van der Waals surface area contributed by atoms with E-state index in [0.717, 1.165) is 61.0 Å². The van der Waals surface area contributed by atoms with Gasteiger partial charge in [-0.1, -0.05) is 332 Å². The first kappa shape index (κ1) is 54.8. The quantitative estimate of drug-likeness (QED) is 0.114. The Morgan fingerprint density at radius 2 is 0.443 bits per heavy atom. The fourth-order valence-electron chi connectivity index (χ4n) is 9.47. The van der Waals surface area contributed by atoms with E-state index in [1.807, 2.05) is 170 Å². The van der Waals surface area contributed by atoms with E-state index in [1.165, 1.54) is 32.9 Å². The van der Waals surface area contributed by atoms with Crippen molar-refractivity contribution in [3.05, 3.63) is 337 Å². The van der Waals surface area contributed by atoms with Crippen LogP contribution in [0.4, 0.5) is 0 Å². The summed E-state index contributed by atoms with van der Waals surface area (Å²) in [5.41, 5.74) is 8.97. The maximum absolute atomic E-state index is 15.7. The van der Waals surface area contributed by atoms with Crippen LogP contribution in [-0.2, 0) is 9.13 Å². The number of halogens is 2. The molecule has 0 saturated carbocycles. The van der Waals surface area contributed by atoms with E-state index in [1.54, 1.807) is 0 Å². The molecule has 0 aliphatic rings. The summed E-state index contributed by atoms with van der Waals surface area (Å²) in [6, 6.07) is 110. The number of benzene rings is 12. The molecule has 79 heavy (non-hydrogen) atoms. The summed E-state index contributed by atoms with van der Waals surface area (Å²) in [5, 5.41) is 7.03. The van der Waals surface area contributed by atoms with Crippen molar-refractivity contribution in [3.8, 4) is 44.5 Å². The average molecular weight is 1200 g/mol. The molecule has 0 aliphatic carbocycles. The summed E-state index contributed by atoms with van der Waals surface area (Å²) >= 11 is 7.06. The smallest absolute Gasteiger partial charge is 0.171 e. The monoisotopic (exact) mass is 1200 g/mol. The molecule has 12 aromatic rings. The number of hydrogen-bond acceptors (Lipinski definition) is 2. The maximum atomic E-state index is 15.7. The second-order valence-electron chi connectivity index (χ2n) is 18.7. The van der Waals surface area contributed by atoms with Gasteiger partial charge in [0.2, 0.25) is 0 Å². The molecule has 0 heterocycles. The normalized spacial score (nSPS) is 11.1. The van der Waals surface area contributed by atoms with Crippen LogP contribution in [0.5, 0.6) is 0 Å². The predicted octanol–water partition coefficient (Wildman–Crippen LogP) is 17.2. The first-order valence-electron chi connectivity index (χ1n) is 26.0. The third kappa shape index (κ3) is 13.5. The summed E-state index contributed by atoms with van der Waals surface area (Å²) in [6.07, 6.45) is 0. The zero-order valence-electron chi connectivity index (χ0n) is 43.1. The highest BCUT2D eigenvalue weighted by molar-refractivity contribution is 9.11. The van der Waals surface area contributed by atoms with E-state index >= 15 is 9.13 Å². The Kier molecular flexibility index (Phi) is 18.3. The third-order valence-electron chi connectivity index (χ3n) is 13.5. The lowest BCUT2D eigenvalue weighted by Crippen LogP contribution is -2.30. The molecule has 0 fully saturated rings. The molecule has 0 aliphatic heterocycles. The van der Waals surface area contributed by atoms with Gasteiger partial charge < -0.3 is 9.13 Å². The van der Waals surface area contributed by atoms with Crippen molar-refractivity contribution in [1.29, 1.82) is 0 Å². The third-order valence-corrected chi connectivity index (χ3v) is 21.7.